The van der Waals surface area contributed by atoms with Crippen LogP contribution in [0, 0.1) is 0 Å². The lowest BCUT2D eigenvalue weighted by Gasteiger charge is -2.32. The van der Waals surface area contributed by atoms with Crippen LogP contribution in [-0.4, -0.2) is 52.7 Å². The molecule has 2 atom stereocenters. The third-order valence-corrected chi connectivity index (χ3v) is 6.32. The standard InChI is InChI=1S/C24H26N2O5S/c1-24(28)12-15(31-20(27)13-24)14-32-23-25-21(16-8-4-6-10-18(16)29-2)22(26-23)17-9-5-7-11-19(17)30-3/h4-11,15,28H,12-14H2,1-3H3,(H,25,26)/t15-,24+/m1/s1. The van der Waals surface area contributed by atoms with E-state index in [0.29, 0.717) is 23.1 Å². The molecule has 0 saturated carbocycles. The monoisotopic (exact) mass is 454 g/mol. The van der Waals surface area contributed by atoms with Crippen molar-refractivity contribution in [2.45, 2.75) is 36.6 Å². The van der Waals surface area contributed by atoms with Gasteiger partial charge in [0.15, 0.2) is 5.16 Å². The molecule has 2 N–H and O–H groups in total. The zero-order valence-corrected chi connectivity index (χ0v) is 19.1. The van der Waals surface area contributed by atoms with Gasteiger partial charge in [-0.1, -0.05) is 36.0 Å². The summed E-state index contributed by atoms with van der Waals surface area (Å²) in [6.45, 7) is 1.66. The molecule has 0 unspecified atom stereocenters. The fourth-order valence-electron chi connectivity index (χ4n) is 3.91. The van der Waals surface area contributed by atoms with E-state index in [4.69, 9.17) is 19.2 Å². The number of aromatic amines is 1. The largest absolute Gasteiger partial charge is 0.496 e. The number of H-pyrrole nitrogens is 1. The highest BCUT2D eigenvalue weighted by Crippen LogP contribution is 2.40. The molecule has 0 aliphatic carbocycles. The van der Waals surface area contributed by atoms with Crippen molar-refractivity contribution in [3.8, 4) is 34.0 Å². The Bertz CT molecular complexity index is 1050. The van der Waals surface area contributed by atoms with Gasteiger partial charge in [-0.3, -0.25) is 4.79 Å². The summed E-state index contributed by atoms with van der Waals surface area (Å²) in [6.07, 6.45) is 0.0292. The number of imidazole rings is 1. The van der Waals surface area contributed by atoms with Gasteiger partial charge in [0.05, 0.1) is 31.9 Å². The second-order valence-corrected chi connectivity index (χ2v) is 8.98. The summed E-state index contributed by atoms with van der Waals surface area (Å²) in [6, 6.07) is 15.4. The maximum Gasteiger partial charge on any atom is 0.309 e. The fraction of sp³-hybridized carbons (Fsp3) is 0.333. The number of nitrogens with zero attached hydrogens (tertiary/aromatic N) is 1. The molecule has 1 saturated heterocycles. The van der Waals surface area contributed by atoms with Crippen molar-refractivity contribution in [1.82, 2.24) is 9.97 Å². The van der Waals surface area contributed by atoms with E-state index in [9.17, 15) is 9.90 Å². The van der Waals surface area contributed by atoms with Crippen molar-refractivity contribution < 1.29 is 24.1 Å². The van der Waals surface area contributed by atoms with E-state index < -0.39 is 5.60 Å². The third kappa shape index (κ3) is 4.76. The molecule has 1 aliphatic heterocycles. The highest BCUT2D eigenvalue weighted by Gasteiger charge is 2.36. The Hall–Kier alpha value is -2.97. The number of cyclic esters (lactones) is 1. The van der Waals surface area contributed by atoms with Crippen molar-refractivity contribution in [3.05, 3.63) is 48.5 Å². The van der Waals surface area contributed by atoms with Crippen molar-refractivity contribution in [3.63, 3.8) is 0 Å². The van der Waals surface area contributed by atoms with Crippen LogP contribution in [-0.2, 0) is 9.53 Å². The Balaban J connectivity index is 1.69. The lowest BCUT2D eigenvalue weighted by atomic mass is 9.93. The topological polar surface area (TPSA) is 93.7 Å². The van der Waals surface area contributed by atoms with Crippen LogP contribution < -0.4 is 9.47 Å². The predicted octanol–water partition coefficient (Wildman–Crippen LogP) is 4.31. The quantitative estimate of drug-likeness (QED) is 0.406. The lowest BCUT2D eigenvalue weighted by Crippen LogP contribution is -2.41. The molecule has 4 rings (SSSR count). The van der Waals surface area contributed by atoms with Gasteiger partial charge in [-0.15, -0.1) is 0 Å². The first-order valence-electron chi connectivity index (χ1n) is 10.3. The first-order valence-corrected chi connectivity index (χ1v) is 11.3. The molecule has 3 aromatic rings. The third-order valence-electron chi connectivity index (χ3n) is 5.32. The number of carbonyl (C=O) groups excluding carboxylic acids is 1. The van der Waals surface area contributed by atoms with Gasteiger partial charge in [0.1, 0.15) is 23.3 Å². The van der Waals surface area contributed by atoms with Gasteiger partial charge in [-0.25, -0.2) is 4.98 Å². The number of nitrogens with one attached hydrogen (secondary N) is 1. The van der Waals surface area contributed by atoms with Crippen LogP contribution in [0.3, 0.4) is 0 Å². The molecule has 2 heterocycles. The number of rotatable bonds is 7. The molecule has 1 aromatic heterocycles. The molecule has 0 radical (unpaired) electrons. The average molecular weight is 455 g/mol. The minimum absolute atomic E-state index is 0.0187. The number of aliphatic hydroxyl groups is 1. The summed E-state index contributed by atoms with van der Waals surface area (Å²) >= 11 is 1.44. The second-order valence-electron chi connectivity index (χ2n) is 7.97. The molecule has 1 fully saturated rings. The normalized spacial score (nSPS) is 20.6. The number of para-hydroxylation sites is 2. The number of methoxy groups -OCH3 is 2. The maximum absolute atomic E-state index is 11.8. The molecule has 1 aliphatic rings. The predicted molar refractivity (Wildman–Crippen MR) is 123 cm³/mol. The number of aromatic nitrogens is 2. The zero-order chi connectivity index (χ0) is 22.7. The van der Waals surface area contributed by atoms with E-state index in [-0.39, 0.29) is 18.5 Å². The van der Waals surface area contributed by atoms with E-state index in [2.05, 4.69) is 4.98 Å². The summed E-state index contributed by atoms with van der Waals surface area (Å²) < 4.78 is 16.6. The number of hydrogen-bond acceptors (Lipinski definition) is 7. The fourth-order valence-corrected chi connectivity index (χ4v) is 4.77. The first-order chi connectivity index (χ1) is 15.4. The Morgan fingerprint density at radius 3 is 2.41 bits per heavy atom. The Kier molecular flexibility index (Phi) is 6.43. The highest BCUT2D eigenvalue weighted by molar-refractivity contribution is 7.99. The van der Waals surface area contributed by atoms with E-state index >= 15 is 0 Å². The van der Waals surface area contributed by atoms with Crippen molar-refractivity contribution in [2.24, 2.45) is 0 Å². The van der Waals surface area contributed by atoms with E-state index in [1.165, 1.54) is 11.8 Å². The molecule has 7 nitrogen and oxygen atoms in total. The van der Waals surface area contributed by atoms with Crippen LogP contribution in [0.25, 0.3) is 22.5 Å². The molecular weight excluding hydrogens is 428 g/mol. The minimum Gasteiger partial charge on any atom is -0.496 e. The summed E-state index contributed by atoms with van der Waals surface area (Å²) in [4.78, 5) is 20.1. The molecule has 8 heteroatoms. The number of hydrogen-bond donors (Lipinski definition) is 2. The molecule has 32 heavy (non-hydrogen) atoms. The molecule has 168 valence electrons. The van der Waals surface area contributed by atoms with Gasteiger partial charge in [0.2, 0.25) is 0 Å². The number of benzene rings is 2. The molecule has 2 aromatic carbocycles. The van der Waals surface area contributed by atoms with Crippen molar-refractivity contribution >= 4 is 17.7 Å². The highest BCUT2D eigenvalue weighted by atomic mass is 32.2. The number of esters is 1. The maximum atomic E-state index is 11.8. The van der Waals surface area contributed by atoms with Gasteiger partial charge in [-0.2, -0.15) is 0 Å². The summed E-state index contributed by atoms with van der Waals surface area (Å²) in [7, 11) is 3.27. The van der Waals surface area contributed by atoms with Crippen LogP contribution >= 0.6 is 11.8 Å². The Morgan fingerprint density at radius 2 is 1.75 bits per heavy atom. The van der Waals surface area contributed by atoms with Gasteiger partial charge in [0, 0.05) is 23.3 Å². The SMILES string of the molecule is COc1ccccc1-c1nc(SC[C@H]2C[C@](C)(O)CC(=O)O2)[nH]c1-c1ccccc1OC. The Morgan fingerprint density at radius 1 is 1.12 bits per heavy atom. The molecule has 0 amide bonds. The second kappa shape index (κ2) is 9.26. The molecular formula is C24H26N2O5S. The van der Waals surface area contributed by atoms with Crippen molar-refractivity contribution in [1.29, 1.82) is 0 Å². The summed E-state index contributed by atoms with van der Waals surface area (Å²) in [5.41, 5.74) is 2.23. The molecule has 0 bridgehead atoms. The van der Waals surface area contributed by atoms with E-state index in [1.54, 1.807) is 21.1 Å². The van der Waals surface area contributed by atoms with Crippen LogP contribution in [0.2, 0.25) is 0 Å². The van der Waals surface area contributed by atoms with Crippen molar-refractivity contribution in [2.75, 3.05) is 20.0 Å². The minimum atomic E-state index is -1.05. The van der Waals surface area contributed by atoms with E-state index in [0.717, 1.165) is 28.3 Å². The average Bonchev–Trinajstić information content (AvgIpc) is 3.20. The molecule has 0 spiro atoms. The number of ether oxygens (including phenoxy) is 3. The summed E-state index contributed by atoms with van der Waals surface area (Å²) in [5.74, 6) is 1.53. The van der Waals surface area contributed by atoms with Gasteiger partial charge < -0.3 is 24.3 Å². The van der Waals surface area contributed by atoms with Gasteiger partial charge in [0.25, 0.3) is 0 Å². The van der Waals surface area contributed by atoms with Crippen LogP contribution in [0.1, 0.15) is 19.8 Å². The van der Waals surface area contributed by atoms with Crippen LogP contribution in [0.15, 0.2) is 53.7 Å². The number of thioether (sulfide) groups is 1. The Labute approximate surface area is 191 Å². The van der Waals surface area contributed by atoms with Gasteiger partial charge >= 0.3 is 5.97 Å². The lowest BCUT2D eigenvalue weighted by molar-refractivity contribution is -0.165. The van der Waals surface area contributed by atoms with E-state index in [1.807, 2.05) is 48.5 Å². The van der Waals surface area contributed by atoms with Gasteiger partial charge in [-0.05, 0) is 31.2 Å². The first kappa shape index (κ1) is 22.2. The van der Waals surface area contributed by atoms with Crippen LogP contribution in [0.4, 0.5) is 0 Å². The smallest absolute Gasteiger partial charge is 0.309 e. The summed E-state index contributed by atoms with van der Waals surface area (Å²) in [5, 5.41) is 11.0. The van der Waals surface area contributed by atoms with Crippen LogP contribution in [0.5, 0.6) is 11.5 Å². The zero-order valence-electron chi connectivity index (χ0n) is 18.3. The number of carbonyl (C=O) groups is 1.